The molecular weight excluding hydrogens is 544 g/mol. The van der Waals surface area contributed by atoms with E-state index in [2.05, 4.69) is 34.4 Å². The van der Waals surface area contributed by atoms with Crippen molar-refractivity contribution in [2.24, 2.45) is 0 Å². The van der Waals surface area contributed by atoms with Gasteiger partial charge in [0.25, 0.3) is 0 Å². The second-order valence-corrected chi connectivity index (χ2v) is 11.1. The lowest BCUT2D eigenvalue weighted by Crippen LogP contribution is -2.55. The molecule has 1 saturated heterocycles. The summed E-state index contributed by atoms with van der Waals surface area (Å²) in [5.41, 5.74) is 4.32. The van der Waals surface area contributed by atoms with Gasteiger partial charge in [-0.2, -0.15) is 0 Å². The van der Waals surface area contributed by atoms with Crippen LogP contribution in [0.25, 0.3) is 11.3 Å². The van der Waals surface area contributed by atoms with Gasteiger partial charge in [0.1, 0.15) is 23.2 Å². The Labute approximate surface area is 242 Å². The fraction of sp³-hybridized carbons (Fsp3) is 0.258. The third-order valence-corrected chi connectivity index (χ3v) is 7.71. The second-order valence-electron chi connectivity index (χ2n) is 10.6. The van der Waals surface area contributed by atoms with Gasteiger partial charge >= 0.3 is 0 Å². The van der Waals surface area contributed by atoms with Gasteiger partial charge in [0.2, 0.25) is 5.95 Å². The highest BCUT2D eigenvalue weighted by Crippen LogP contribution is 2.42. The Morgan fingerprint density at radius 3 is 2.44 bits per heavy atom. The van der Waals surface area contributed by atoms with Crippen LogP contribution in [0.1, 0.15) is 25.0 Å². The highest BCUT2D eigenvalue weighted by atomic mass is 35.5. The number of nitrogens with zero attached hydrogens (tertiary/aromatic N) is 4. The van der Waals surface area contributed by atoms with Gasteiger partial charge in [0, 0.05) is 59.8 Å². The Morgan fingerprint density at radius 1 is 1.02 bits per heavy atom. The van der Waals surface area contributed by atoms with Gasteiger partial charge in [-0.05, 0) is 80.4 Å². The van der Waals surface area contributed by atoms with Gasteiger partial charge < -0.3 is 20.4 Å². The topological polar surface area (TPSA) is 80.2 Å². The van der Waals surface area contributed by atoms with Crippen molar-refractivity contribution in [1.29, 1.82) is 5.41 Å². The van der Waals surface area contributed by atoms with Crippen LogP contribution in [0.5, 0.6) is 0 Å². The molecule has 3 N–H and O–H groups in total. The summed E-state index contributed by atoms with van der Waals surface area (Å²) in [5, 5.41) is 15.9. The highest BCUT2D eigenvalue weighted by Gasteiger charge is 2.27. The SMILES string of the molecule is CC1CN(C(=N)c2ccc(Nc3ncc4c(n3)-c3ccc(Cl)cc3N(c3c(F)cccc3F)CC4)cc2)CC(C)N1. The van der Waals surface area contributed by atoms with E-state index < -0.39 is 11.6 Å². The maximum atomic E-state index is 14.8. The number of para-hydroxylation sites is 1. The first-order valence-electron chi connectivity index (χ1n) is 13.6. The van der Waals surface area contributed by atoms with Crippen molar-refractivity contribution in [3.63, 3.8) is 0 Å². The number of fused-ring (bicyclic) bond motifs is 3. The van der Waals surface area contributed by atoms with Gasteiger partial charge in [-0.25, -0.2) is 18.7 Å². The molecule has 0 aliphatic carbocycles. The van der Waals surface area contributed by atoms with Crippen LogP contribution in [0.3, 0.4) is 0 Å². The number of halogens is 3. The van der Waals surface area contributed by atoms with Gasteiger partial charge in [-0.1, -0.05) is 17.7 Å². The van der Waals surface area contributed by atoms with Crippen molar-refractivity contribution >= 4 is 40.4 Å². The van der Waals surface area contributed by atoms with E-state index >= 15 is 0 Å². The van der Waals surface area contributed by atoms with E-state index in [1.54, 1.807) is 23.2 Å². The summed E-state index contributed by atoms with van der Waals surface area (Å²) in [5.74, 6) is -0.396. The lowest BCUT2D eigenvalue weighted by molar-refractivity contribution is 0.254. The van der Waals surface area contributed by atoms with Crippen molar-refractivity contribution in [2.75, 3.05) is 29.9 Å². The number of piperazine rings is 1. The Hall–Kier alpha value is -4.08. The van der Waals surface area contributed by atoms with Gasteiger partial charge in [0.15, 0.2) is 0 Å². The zero-order valence-electron chi connectivity index (χ0n) is 22.8. The van der Waals surface area contributed by atoms with E-state index in [4.69, 9.17) is 22.0 Å². The number of anilines is 4. The highest BCUT2D eigenvalue weighted by molar-refractivity contribution is 6.31. The van der Waals surface area contributed by atoms with E-state index in [1.807, 2.05) is 30.3 Å². The lowest BCUT2D eigenvalue weighted by Gasteiger charge is -2.37. The zero-order valence-corrected chi connectivity index (χ0v) is 23.5. The van der Waals surface area contributed by atoms with E-state index in [-0.39, 0.29) is 5.69 Å². The molecule has 6 rings (SSSR count). The van der Waals surface area contributed by atoms with Crippen LogP contribution in [0, 0.1) is 17.0 Å². The summed E-state index contributed by atoms with van der Waals surface area (Å²) in [7, 11) is 0. The molecule has 3 aromatic carbocycles. The van der Waals surface area contributed by atoms with E-state index in [9.17, 15) is 8.78 Å². The molecule has 1 fully saturated rings. The Kier molecular flexibility index (Phi) is 7.32. The van der Waals surface area contributed by atoms with Crippen molar-refractivity contribution < 1.29 is 8.78 Å². The predicted molar refractivity (Wildman–Crippen MR) is 160 cm³/mol. The number of hydrogen-bond acceptors (Lipinski definition) is 6. The molecular formula is C31H30ClF2N7. The summed E-state index contributed by atoms with van der Waals surface area (Å²) in [6, 6.07) is 17.4. The molecule has 41 heavy (non-hydrogen) atoms. The van der Waals surface area contributed by atoms with Crippen LogP contribution in [0.15, 0.2) is 66.9 Å². The molecule has 3 heterocycles. The van der Waals surface area contributed by atoms with Crippen molar-refractivity contribution in [2.45, 2.75) is 32.4 Å². The second kappa shape index (κ2) is 11.1. The Bertz CT molecular complexity index is 1580. The number of benzene rings is 3. The summed E-state index contributed by atoms with van der Waals surface area (Å²) in [6.07, 6.45) is 2.23. The molecule has 210 valence electrons. The number of aromatic nitrogens is 2. The van der Waals surface area contributed by atoms with E-state index in [0.29, 0.717) is 58.8 Å². The maximum absolute atomic E-state index is 14.8. The quantitative estimate of drug-likeness (QED) is 0.190. The molecule has 4 aromatic rings. The monoisotopic (exact) mass is 573 g/mol. The Morgan fingerprint density at radius 2 is 1.73 bits per heavy atom. The van der Waals surface area contributed by atoms with E-state index in [0.717, 1.165) is 29.9 Å². The fourth-order valence-corrected chi connectivity index (χ4v) is 5.84. The van der Waals surface area contributed by atoms with Crippen LogP contribution < -0.4 is 15.5 Å². The summed E-state index contributed by atoms with van der Waals surface area (Å²) in [6.45, 7) is 6.17. The third-order valence-electron chi connectivity index (χ3n) is 7.47. The number of amidine groups is 1. The van der Waals surface area contributed by atoms with Crippen LogP contribution in [0.4, 0.5) is 31.8 Å². The average molecular weight is 574 g/mol. The molecule has 2 unspecified atom stereocenters. The molecule has 7 nitrogen and oxygen atoms in total. The maximum Gasteiger partial charge on any atom is 0.227 e. The first-order valence-corrected chi connectivity index (χ1v) is 14.0. The molecule has 0 radical (unpaired) electrons. The fourth-order valence-electron chi connectivity index (χ4n) is 5.68. The normalized spacial score (nSPS) is 18.4. The molecule has 0 amide bonds. The van der Waals surface area contributed by atoms with Gasteiger partial charge in [-0.3, -0.25) is 5.41 Å². The summed E-state index contributed by atoms with van der Waals surface area (Å²) >= 11 is 6.35. The van der Waals surface area contributed by atoms with E-state index in [1.165, 1.54) is 18.2 Å². The lowest BCUT2D eigenvalue weighted by atomic mass is 10.0. The largest absolute Gasteiger partial charge is 0.353 e. The molecule has 10 heteroatoms. The van der Waals surface area contributed by atoms with Crippen LogP contribution in [-0.4, -0.2) is 52.4 Å². The third kappa shape index (κ3) is 5.47. The van der Waals surface area contributed by atoms with Crippen LogP contribution in [-0.2, 0) is 6.42 Å². The minimum absolute atomic E-state index is 0.120. The molecule has 0 spiro atoms. The number of nitrogens with one attached hydrogen (secondary N) is 3. The van der Waals surface area contributed by atoms with Crippen LogP contribution in [0.2, 0.25) is 5.02 Å². The van der Waals surface area contributed by atoms with Crippen LogP contribution >= 0.6 is 11.6 Å². The number of rotatable bonds is 4. The molecule has 2 atom stereocenters. The van der Waals surface area contributed by atoms with Crippen molar-refractivity contribution in [1.82, 2.24) is 20.2 Å². The summed E-state index contributed by atoms with van der Waals surface area (Å²) in [4.78, 5) is 13.1. The minimum Gasteiger partial charge on any atom is -0.353 e. The summed E-state index contributed by atoms with van der Waals surface area (Å²) < 4.78 is 29.7. The number of hydrogen-bond donors (Lipinski definition) is 3. The zero-order chi connectivity index (χ0) is 28.7. The first-order chi connectivity index (χ1) is 19.8. The standard InChI is InChI=1S/C31H30ClF2N7/c1-18-16-40(17-19(2)37-18)30(35)20-6-9-23(10-7-20)38-31-36-15-21-12-13-41(29-25(33)4-3-5-26(29)34)27-14-22(32)8-11-24(27)28(21)39-31/h3-11,14-15,18-19,35,37H,12-13,16-17H2,1-2H3,(H,36,38,39). The first kappa shape index (κ1) is 27.1. The smallest absolute Gasteiger partial charge is 0.227 e. The Balaban J connectivity index is 1.28. The molecule has 0 bridgehead atoms. The molecule has 2 aliphatic heterocycles. The average Bonchev–Trinajstić information content (AvgIpc) is 3.09. The molecule has 1 aromatic heterocycles. The minimum atomic E-state index is -0.646. The van der Waals surface area contributed by atoms with Gasteiger partial charge in [0.05, 0.1) is 11.4 Å². The van der Waals surface area contributed by atoms with Gasteiger partial charge in [-0.15, -0.1) is 0 Å². The molecule has 0 saturated carbocycles. The van der Waals surface area contributed by atoms with Crippen molar-refractivity contribution in [3.8, 4) is 11.3 Å². The molecule has 2 aliphatic rings. The predicted octanol–water partition coefficient (Wildman–Crippen LogP) is 6.52. The van der Waals surface area contributed by atoms with Crippen molar-refractivity contribution in [3.05, 3.63) is 94.6 Å².